The predicted octanol–water partition coefficient (Wildman–Crippen LogP) is 4.71. The van der Waals surface area contributed by atoms with Crippen LogP contribution in [-0.4, -0.2) is 16.8 Å². The molecular weight excluding hydrogens is 392 g/mol. The lowest BCUT2D eigenvalue weighted by atomic mass is 9.74. The van der Waals surface area contributed by atoms with E-state index in [1.807, 2.05) is 42.5 Å². The molecule has 2 amide bonds. The Hall–Kier alpha value is -2.40. The fourth-order valence-electron chi connectivity index (χ4n) is 4.60. The Labute approximate surface area is 159 Å². The lowest BCUT2D eigenvalue weighted by Crippen LogP contribution is -2.30. The van der Waals surface area contributed by atoms with Crippen LogP contribution in [0.4, 0.5) is 5.69 Å². The number of hydrogen-bond acceptors (Lipinski definition) is 2. The summed E-state index contributed by atoms with van der Waals surface area (Å²) >= 11 is 3.54. The summed E-state index contributed by atoms with van der Waals surface area (Å²) in [4.78, 5) is 31.1. The fourth-order valence-corrected chi connectivity index (χ4v) is 4.96. The first-order chi connectivity index (χ1) is 12.6. The Balaban J connectivity index is 1.69. The van der Waals surface area contributed by atoms with Crippen LogP contribution in [0.3, 0.4) is 0 Å². The molecule has 1 aliphatic carbocycles. The van der Waals surface area contributed by atoms with E-state index in [0.29, 0.717) is 12.1 Å². The Morgan fingerprint density at radius 1 is 1.08 bits per heavy atom. The van der Waals surface area contributed by atoms with Gasteiger partial charge >= 0.3 is 0 Å². The molecule has 5 heteroatoms. The zero-order chi connectivity index (χ0) is 18.0. The fraction of sp³-hybridized carbons (Fsp3) is 0.238. The van der Waals surface area contributed by atoms with Crippen molar-refractivity contribution in [2.45, 2.75) is 25.2 Å². The van der Waals surface area contributed by atoms with Gasteiger partial charge < -0.3 is 4.98 Å². The van der Waals surface area contributed by atoms with Gasteiger partial charge in [0.1, 0.15) is 0 Å². The number of para-hydroxylation sites is 1. The molecule has 2 aliphatic rings. The van der Waals surface area contributed by atoms with Gasteiger partial charge in [-0.2, -0.15) is 0 Å². The van der Waals surface area contributed by atoms with E-state index in [1.54, 1.807) is 0 Å². The number of H-pyrrole nitrogens is 1. The van der Waals surface area contributed by atoms with E-state index in [2.05, 4.69) is 33.9 Å². The van der Waals surface area contributed by atoms with Gasteiger partial charge in [0.05, 0.1) is 17.5 Å². The lowest BCUT2D eigenvalue weighted by Gasteiger charge is -2.27. The first kappa shape index (κ1) is 15.8. The van der Waals surface area contributed by atoms with E-state index in [0.717, 1.165) is 21.1 Å². The van der Waals surface area contributed by atoms with Crippen LogP contribution in [0.15, 0.2) is 53.0 Å². The highest BCUT2D eigenvalue weighted by molar-refractivity contribution is 9.10. The average Bonchev–Trinajstić information content (AvgIpc) is 3.12. The van der Waals surface area contributed by atoms with Gasteiger partial charge in [0.2, 0.25) is 11.8 Å². The normalized spacial score (nSPS) is 24.8. The van der Waals surface area contributed by atoms with Gasteiger partial charge in [-0.25, -0.2) is 4.90 Å². The molecule has 1 saturated heterocycles. The minimum atomic E-state index is -0.417. The molecule has 1 aliphatic heterocycles. The van der Waals surface area contributed by atoms with Gasteiger partial charge in [-0.3, -0.25) is 9.59 Å². The van der Waals surface area contributed by atoms with E-state index < -0.39 is 5.92 Å². The van der Waals surface area contributed by atoms with Crippen molar-refractivity contribution >= 4 is 44.3 Å². The van der Waals surface area contributed by atoms with Gasteiger partial charge in [0.25, 0.3) is 0 Å². The molecule has 2 aromatic carbocycles. The summed E-state index contributed by atoms with van der Waals surface area (Å²) < 4.78 is 1.01. The minimum Gasteiger partial charge on any atom is -0.357 e. The highest BCUT2D eigenvalue weighted by Crippen LogP contribution is 2.50. The Kier molecular flexibility index (Phi) is 3.38. The summed E-state index contributed by atoms with van der Waals surface area (Å²) in [5, 5.41) is 1.14. The minimum absolute atomic E-state index is 0.0801. The summed E-state index contributed by atoms with van der Waals surface area (Å²) in [5.74, 6) is -0.683. The van der Waals surface area contributed by atoms with Crippen LogP contribution in [0.2, 0.25) is 0 Å². The van der Waals surface area contributed by atoms with Crippen molar-refractivity contribution in [1.82, 2.24) is 4.98 Å². The van der Waals surface area contributed by atoms with Gasteiger partial charge in [0, 0.05) is 21.1 Å². The molecule has 3 unspecified atom stereocenters. The SMILES string of the molecule is CC1CC2C(=O)N(c3ccccc3)C(=O)C2c2[nH]c3ccc(Br)cc3c21. The number of imide groups is 1. The number of nitrogens with zero attached hydrogens (tertiary/aromatic N) is 1. The van der Waals surface area contributed by atoms with E-state index >= 15 is 0 Å². The third kappa shape index (κ3) is 2.07. The molecule has 26 heavy (non-hydrogen) atoms. The van der Waals surface area contributed by atoms with Gasteiger partial charge in [-0.1, -0.05) is 41.1 Å². The van der Waals surface area contributed by atoms with Crippen molar-refractivity contribution in [2.75, 3.05) is 4.90 Å². The Morgan fingerprint density at radius 2 is 1.85 bits per heavy atom. The zero-order valence-corrected chi connectivity index (χ0v) is 15.8. The van der Waals surface area contributed by atoms with E-state index in [9.17, 15) is 9.59 Å². The molecule has 1 fully saturated rings. The molecule has 0 radical (unpaired) electrons. The van der Waals surface area contributed by atoms with Crippen LogP contribution >= 0.6 is 15.9 Å². The highest BCUT2D eigenvalue weighted by Gasteiger charge is 2.53. The van der Waals surface area contributed by atoms with Crippen LogP contribution < -0.4 is 4.90 Å². The first-order valence-corrected chi connectivity index (χ1v) is 9.59. The van der Waals surface area contributed by atoms with Crippen LogP contribution in [0, 0.1) is 5.92 Å². The summed E-state index contributed by atoms with van der Waals surface area (Å²) in [6.45, 7) is 2.15. The number of rotatable bonds is 1. The number of fused-ring (bicyclic) bond motifs is 5. The third-order valence-corrected chi connectivity index (χ3v) is 6.18. The van der Waals surface area contributed by atoms with Crippen molar-refractivity contribution in [3.63, 3.8) is 0 Å². The molecule has 0 spiro atoms. The van der Waals surface area contributed by atoms with E-state index in [-0.39, 0.29) is 23.7 Å². The molecule has 1 aromatic heterocycles. The number of benzene rings is 2. The molecular formula is C21H17BrN2O2. The summed E-state index contributed by atoms with van der Waals surface area (Å²) in [6, 6.07) is 15.3. The molecule has 0 bridgehead atoms. The molecule has 4 nitrogen and oxygen atoms in total. The van der Waals surface area contributed by atoms with Gasteiger partial charge in [-0.05, 0) is 48.2 Å². The maximum atomic E-state index is 13.2. The maximum Gasteiger partial charge on any atom is 0.243 e. The van der Waals surface area contributed by atoms with E-state index in [1.165, 1.54) is 10.5 Å². The van der Waals surface area contributed by atoms with Crippen molar-refractivity contribution < 1.29 is 9.59 Å². The molecule has 2 heterocycles. The number of amides is 2. The smallest absolute Gasteiger partial charge is 0.243 e. The highest BCUT2D eigenvalue weighted by atomic mass is 79.9. The third-order valence-electron chi connectivity index (χ3n) is 5.68. The van der Waals surface area contributed by atoms with Crippen LogP contribution in [0.25, 0.3) is 10.9 Å². The van der Waals surface area contributed by atoms with Crippen molar-refractivity contribution in [3.05, 3.63) is 64.3 Å². The standard InChI is InChI=1S/C21H17BrN2O2/c1-11-9-15-18(19-17(11)14-10-12(22)7-8-16(14)23-19)21(26)24(20(15)25)13-5-3-2-4-6-13/h2-8,10-11,15,18,23H,9H2,1H3. The number of aromatic nitrogens is 1. The number of halogens is 1. The molecule has 3 atom stereocenters. The molecule has 3 aromatic rings. The van der Waals surface area contributed by atoms with Crippen LogP contribution in [0.1, 0.15) is 36.4 Å². The molecule has 130 valence electrons. The molecule has 5 rings (SSSR count). The van der Waals surface area contributed by atoms with Gasteiger partial charge in [0.15, 0.2) is 0 Å². The Morgan fingerprint density at radius 3 is 2.62 bits per heavy atom. The second-order valence-electron chi connectivity index (χ2n) is 7.21. The summed E-state index contributed by atoms with van der Waals surface area (Å²) in [5.41, 5.74) is 3.77. The zero-order valence-electron chi connectivity index (χ0n) is 14.2. The number of nitrogens with one attached hydrogen (secondary N) is 1. The quantitative estimate of drug-likeness (QED) is 0.592. The van der Waals surface area contributed by atoms with Crippen LogP contribution in [0.5, 0.6) is 0 Å². The predicted molar refractivity (Wildman–Crippen MR) is 104 cm³/mol. The maximum absolute atomic E-state index is 13.2. The number of aromatic amines is 1. The van der Waals surface area contributed by atoms with Gasteiger partial charge in [-0.15, -0.1) is 0 Å². The largest absolute Gasteiger partial charge is 0.357 e. The van der Waals surface area contributed by atoms with E-state index in [4.69, 9.17) is 0 Å². The monoisotopic (exact) mass is 408 g/mol. The Bertz CT molecular complexity index is 1060. The molecule has 1 N–H and O–H groups in total. The second kappa shape index (κ2) is 5.55. The number of anilines is 1. The average molecular weight is 409 g/mol. The number of carbonyl (C=O) groups is 2. The lowest BCUT2D eigenvalue weighted by molar-refractivity contribution is -0.122. The summed E-state index contributed by atoms with van der Waals surface area (Å²) in [7, 11) is 0. The number of hydrogen-bond donors (Lipinski definition) is 1. The van der Waals surface area contributed by atoms with Crippen LogP contribution in [-0.2, 0) is 9.59 Å². The van der Waals surface area contributed by atoms with Crippen molar-refractivity contribution in [3.8, 4) is 0 Å². The number of carbonyl (C=O) groups excluding carboxylic acids is 2. The molecule has 0 saturated carbocycles. The topological polar surface area (TPSA) is 53.2 Å². The second-order valence-corrected chi connectivity index (χ2v) is 8.13. The van der Waals surface area contributed by atoms with Crippen molar-refractivity contribution in [1.29, 1.82) is 0 Å². The first-order valence-electron chi connectivity index (χ1n) is 8.80. The summed E-state index contributed by atoms with van der Waals surface area (Å²) in [6.07, 6.45) is 0.699. The van der Waals surface area contributed by atoms with Crippen molar-refractivity contribution in [2.24, 2.45) is 5.92 Å².